The molecule has 1 heterocycles. The second-order valence-corrected chi connectivity index (χ2v) is 4.33. The summed E-state index contributed by atoms with van der Waals surface area (Å²) in [4.78, 5) is 2.23. The average molecular weight is 237 g/mol. The summed E-state index contributed by atoms with van der Waals surface area (Å²) in [7, 11) is 0. The molecule has 1 N–H and O–H groups in total. The lowest BCUT2D eigenvalue weighted by Gasteiger charge is -2.23. The minimum Gasteiger partial charge on any atom is -0.468 e. The fourth-order valence-corrected chi connectivity index (χ4v) is 1.87. The second-order valence-electron chi connectivity index (χ2n) is 4.33. The first-order chi connectivity index (χ1) is 8.26. The molecule has 1 aromatic rings. The topological polar surface area (TPSA) is 36.6 Å². The molecule has 17 heavy (non-hydrogen) atoms. The maximum atomic E-state index is 9.89. The zero-order valence-electron chi connectivity index (χ0n) is 10.6. The van der Waals surface area contributed by atoms with Gasteiger partial charge < -0.3 is 9.52 Å². The molecule has 1 rings (SSSR count). The van der Waals surface area contributed by atoms with Gasteiger partial charge in [0.15, 0.2) is 0 Å². The lowest BCUT2D eigenvalue weighted by molar-refractivity contribution is 0.0985. The molecule has 0 saturated heterocycles. The molecule has 0 amide bonds. The van der Waals surface area contributed by atoms with Crippen molar-refractivity contribution < 1.29 is 9.52 Å². The highest BCUT2D eigenvalue weighted by atomic mass is 16.3. The Kier molecular flexibility index (Phi) is 6.67. The van der Waals surface area contributed by atoms with Gasteiger partial charge in [-0.2, -0.15) is 0 Å². The third-order valence-electron chi connectivity index (χ3n) is 2.67. The molecule has 1 atom stereocenters. The van der Waals surface area contributed by atoms with Gasteiger partial charge in [-0.05, 0) is 37.9 Å². The predicted octanol–water partition coefficient (Wildman–Crippen LogP) is 2.82. The van der Waals surface area contributed by atoms with E-state index in [1.54, 1.807) is 6.26 Å². The Bertz CT molecular complexity index is 295. The predicted molar refractivity (Wildman–Crippen MR) is 69.7 cm³/mol. The highest BCUT2D eigenvalue weighted by molar-refractivity contribution is 4.97. The molecule has 0 aliphatic carbocycles. The van der Waals surface area contributed by atoms with E-state index < -0.39 is 0 Å². The summed E-state index contributed by atoms with van der Waals surface area (Å²) in [6.45, 7) is 8.26. The van der Waals surface area contributed by atoms with E-state index in [-0.39, 0.29) is 6.10 Å². The van der Waals surface area contributed by atoms with Crippen molar-refractivity contribution >= 4 is 0 Å². The molecule has 0 bridgehead atoms. The maximum Gasteiger partial charge on any atom is 0.117 e. The Morgan fingerprint density at radius 3 is 3.00 bits per heavy atom. The standard InChI is InChI=1S/C14H23NO2/c1-3-5-7-13(16)11-15(9-4-2)12-14-8-6-10-17-14/h3,6,8,10,13,16H,1,4-5,7,9,11-12H2,2H3. The van der Waals surface area contributed by atoms with Crippen molar-refractivity contribution in [3.63, 3.8) is 0 Å². The summed E-state index contributed by atoms with van der Waals surface area (Å²) in [6.07, 6.45) is 5.97. The monoisotopic (exact) mass is 237 g/mol. The van der Waals surface area contributed by atoms with Crippen molar-refractivity contribution in [3.8, 4) is 0 Å². The van der Waals surface area contributed by atoms with Crippen molar-refractivity contribution in [2.24, 2.45) is 0 Å². The molecular weight excluding hydrogens is 214 g/mol. The van der Waals surface area contributed by atoms with Gasteiger partial charge in [0.1, 0.15) is 5.76 Å². The van der Waals surface area contributed by atoms with Crippen LogP contribution in [0.15, 0.2) is 35.5 Å². The van der Waals surface area contributed by atoms with Crippen LogP contribution >= 0.6 is 0 Å². The van der Waals surface area contributed by atoms with Gasteiger partial charge in [-0.15, -0.1) is 6.58 Å². The van der Waals surface area contributed by atoms with Crippen LogP contribution in [0.2, 0.25) is 0 Å². The van der Waals surface area contributed by atoms with E-state index in [2.05, 4.69) is 18.4 Å². The quantitative estimate of drug-likeness (QED) is 0.671. The van der Waals surface area contributed by atoms with Gasteiger partial charge in [-0.1, -0.05) is 13.0 Å². The second kappa shape index (κ2) is 8.09. The van der Waals surface area contributed by atoms with Crippen LogP contribution in [-0.2, 0) is 6.54 Å². The summed E-state index contributed by atoms with van der Waals surface area (Å²) in [5.74, 6) is 0.953. The number of rotatable bonds is 9. The lowest BCUT2D eigenvalue weighted by atomic mass is 10.2. The number of aliphatic hydroxyl groups excluding tert-OH is 1. The van der Waals surface area contributed by atoms with E-state index in [9.17, 15) is 5.11 Å². The van der Waals surface area contributed by atoms with Crippen molar-refractivity contribution in [1.82, 2.24) is 4.90 Å². The molecule has 0 saturated carbocycles. The summed E-state index contributed by atoms with van der Waals surface area (Å²) in [5, 5.41) is 9.89. The summed E-state index contributed by atoms with van der Waals surface area (Å²) < 4.78 is 5.33. The first kappa shape index (κ1) is 14.0. The van der Waals surface area contributed by atoms with Crippen LogP contribution in [0.3, 0.4) is 0 Å². The molecule has 0 aromatic carbocycles. The molecule has 3 nitrogen and oxygen atoms in total. The van der Waals surface area contributed by atoms with Crippen LogP contribution in [0.5, 0.6) is 0 Å². The third-order valence-corrected chi connectivity index (χ3v) is 2.67. The first-order valence-corrected chi connectivity index (χ1v) is 6.30. The largest absolute Gasteiger partial charge is 0.468 e. The fraction of sp³-hybridized carbons (Fsp3) is 0.571. The van der Waals surface area contributed by atoms with E-state index in [0.29, 0.717) is 6.54 Å². The molecule has 96 valence electrons. The normalized spacial score (nSPS) is 12.9. The molecule has 0 radical (unpaired) electrons. The van der Waals surface area contributed by atoms with Crippen LogP contribution < -0.4 is 0 Å². The molecule has 0 fully saturated rings. The van der Waals surface area contributed by atoms with Crippen molar-refractivity contribution in [1.29, 1.82) is 0 Å². The summed E-state index contributed by atoms with van der Waals surface area (Å²) in [6, 6.07) is 3.87. The zero-order valence-corrected chi connectivity index (χ0v) is 10.6. The van der Waals surface area contributed by atoms with Crippen LogP contribution in [-0.4, -0.2) is 29.2 Å². The van der Waals surface area contributed by atoms with Crippen LogP contribution in [0.25, 0.3) is 0 Å². The van der Waals surface area contributed by atoms with Crippen LogP contribution in [0.4, 0.5) is 0 Å². The minimum absolute atomic E-state index is 0.283. The SMILES string of the molecule is C=CCCC(O)CN(CCC)Cc1ccco1. The van der Waals surface area contributed by atoms with Gasteiger partial charge in [0.05, 0.1) is 18.9 Å². The van der Waals surface area contributed by atoms with Crippen molar-refractivity contribution in [3.05, 3.63) is 36.8 Å². The number of furan rings is 1. The van der Waals surface area contributed by atoms with E-state index in [1.165, 1.54) is 0 Å². The molecule has 1 aromatic heterocycles. The van der Waals surface area contributed by atoms with Gasteiger partial charge in [-0.3, -0.25) is 4.90 Å². The van der Waals surface area contributed by atoms with Crippen molar-refractivity contribution in [2.45, 2.75) is 38.8 Å². The van der Waals surface area contributed by atoms with Gasteiger partial charge >= 0.3 is 0 Å². The maximum absolute atomic E-state index is 9.89. The fourth-order valence-electron chi connectivity index (χ4n) is 1.87. The minimum atomic E-state index is -0.283. The van der Waals surface area contributed by atoms with Gasteiger partial charge in [0, 0.05) is 6.54 Å². The smallest absolute Gasteiger partial charge is 0.117 e. The Balaban J connectivity index is 2.39. The average Bonchev–Trinajstić information content (AvgIpc) is 2.79. The molecular formula is C14H23NO2. The molecule has 0 aliphatic rings. The first-order valence-electron chi connectivity index (χ1n) is 6.30. The van der Waals surface area contributed by atoms with E-state index >= 15 is 0 Å². The summed E-state index contributed by atoms with van der Waals surface area (Å²) >= 11 is 0. The van der Waals surface area contributed by atoms with Gasteiger partial charge in [0.2, 0.25) is 0 Å². The van der Waals surface area contributed by atoms with Crippen LogP contribution in [0.1, 0.15) is 31.9 Å². The Morgan fingerprint density at radius 1 is 1.59 bits per heavy atom. The Morgan fingerprint density at radius 2 is 2.41 bits per heavy atom. The van der Waals surface area contributed by atoms with Gasteiger partial charge in [0.25, 0.3) is 0 Å². The lowest BCUT2D eigenvalue weighted by Crippen LogP contribution is -2.32. The van der Waals surface area contributed by atoms with E-state index in [4.69, 9.17) is 4.42 Å². The zero-order chi connectivity index (χ0) is 12.5. The van der Waals surface area contributed by atoms with E-state index in [1.807, 2.05) is 18.2 Å². The van der Waals surface area contributed by atoms with Crippen LogP contribution in [0, 0.1) is 0 Å². The van der Waals surface area contributed by atoms with Crippen molar-refractivity contribution in [2.75, 3.05) is 13.1 Å². The molecule has 0 spiro atoms. The summed E-state index contributed by atoms with van der Waals surface area (Å²) in [5.41, 5.74) is 0. The molecule has 3 heteroatoms. The van der Waals surface area contributed by atoms with E-state index in [0.717, 1.165) is 38.1 Å². The molecule has 1 unspecified atom stereocenters. The Hall–Kier alpha value is -1.06. The molecule has 0 aliphatic heterocycles. The number of hydrogen-bond acceptors (Lipinski definition) is 3. The highest BCUT2D eigenvalue weighted by Gasteiger charge is 2.12. The number of hydrogen-bond donors (Lipinski definition) is 1. The number of aliphatic hydroxyl groups is 1. The number of allylic oxidation sites excluding steroid dienone is 1. The Labute approximate surface area is 104 Å². The van der Waals surface area contributed by atoms with Gasteiger partial charge in [-0.25, -0.2) is 0 Å². The highest BCUT2D eigenvalue weighted by Crippen LogP contribution is 2.08. The third kappa shape index (κ3) is 5.71. The number of nitrogens with zero attached hydrogens (tertiary/aromatic N) is 1.